The highest BCUT2D eigenvalue weighted by atomic mass is 16.5. The summed E-state index contributed by atoms with van der Waals surface area (Å²) in [6.07, 6.45) is -0.471. The van der Waals surface area contributed by atoms with Crippen molar-refractivity contribution in [3.8, 4) is 0 Å². The van der Waals surface area contributed by atoms with Crippen molar-refractivity contribution in [2.75, 3.05) is 6.61 Å². The molecule has 2 N–H and O–H groups in total. The van der Waals surface area contributed by atoms with Crippen molar-refractivity contribution in [2.45, 2.75) is 45.5 Å². The SMILES string of the molecule is CC(C)OC(CO)C(C)(C)O. The van der Waals surface area contributed by atoms with E-state index in [4.69, 9.17) is 9.84 Å². The van der Waals surface area contributed by atoms with Crippen LogP contribution in [0.3, 0.4) is 0 Å². The molecule has 68 valence electrons. The van der Waals surface area contributed by atoms with Gasteiger partial charge in [-0.1, -0.05) is 0 Å². The third kappa shape index (κ3) is 4.35. The van der Waals surface area contributed by atoms with Gasteiger partial charge in [-0.05, 0) is 27.7 Å². The topological polar surface area (TPSA) is 49.7 Å². The van der Waals surface area contributed by atoms with Gasteiger partial charge in [-0.15, -0.1) is 0 Å². The van der Waals surface area contributed by atoms with E-state index in [1.165, 1.54) is 0 Å². The van der Waals surface area contributed by atoms with Crippen molar-refractivity contribution >= 4 is 0 Å². The Morgan fingerprint density at radius 3 is 1.91 bits per heavy atom. The van der Waals surface area contributed by atoms with Crippen LogP contribution in [0.25, 0.3) is 0 Å². The number of ether oxygens (including phenoxy) is 1. The van der Waals surface area contributed by atoms with Crippen molar-refractivity contribution in [3.05, 3.63) is 0 Å². The van der Waals surface area contributed by atoms with Gasteiger partial charge in [0.05, 0.1) is 18.3 Å². The molecule has 0 rings (SSSR count). The second-order valence-corrected chi connectivity index (χ2v) is 3.51. The molecule has 0 saturated heterocycles. The summed E-state index contributed by atoms with van der Waals surface area (Å²) < 4.78 is 5.26. The summed E-state index contributed by atoms with van der Waals surface area (Å²) in [5.41, 5.74) is -0.973. The maximum absolute atomic E-state index is 9.44. The van der Waals surface area contributed by atoms with Crippen molar-refractivity contribution in [3.63, 3.8) is 0 Å². The van der Waals surface area contributed by atoms with Crippen LogP contribution in [0.1, 0.15) is 27.7 Å². The Kier molecular flexibility index (Phi) is 4.00. The zero-order chi connectivity index (χ0) is 9.07. The van der Waals surface area contributed by atoms with E-state index in [-0.39, 0.29) is 12.7 Å². The first-order valence-electron chi connectivity index (χ1n) is 3.86. The van der Waals surface area contributed by atoms with Gasteiger partial charge in [-0.2, -0.15) is 0 Å². The lowest BCUT2D eigenvalue weighted by atomic mass is 10.0. The minimum atomic E-state index is -0.973. The molecule has 0 saturated carbocycles. The van der Waals surface area contributed by atoms with Gasteiger partial charge in [0, 0.05) is 0 Å². The molecule has 11 heavy (non-hydrogen) atoms. The average molecular weight is 162 g/mol. The van der Waals surface area contributed by atoms with Gasteiger partial charge < -0.3 is 14.9 Å². The maximum atomic E-state index is 9.44. The molecule has 0 aromatic rings. The second-order valence-electron chi connectivity index (χ2n) is 3.51. The highest BCUT2D eigenvalue weighted by molar-refractivity contribution is 4.77. The maximum Gasteiger partial charge on any atom is 0.109 e. The van der Waals surface area contributed by atoms with E-state index in [1.54, 1.807) is 13.8 Å². The lowest BCUT2D eigenvalue weighted by Crippen LogP contribution is -2.42. The molecule has 3 nitrogen and oxygen atoms in total. The monoisotopic (exact) mass is 162 g/mol. The molecule has 0 fully saturated rings. The Labute approximate surface area is 68.0 Å². The summed E-state index contributed by atoms with van der Waals surface area (Å²) in [7, 11) is 0. The van der Waals surface area contributed by atoms with Crippen LogP contribution in [0, 0.1) is 0 Å². The second kappa shape index (κ2) is 4.04. The van der Waals surface area contributed by atoms with Crippen LogP contribution >= 0.6 is 0 Å². The highest BCUT2D eigenvalue weighted by Crippen LogP contribution is 2.13. The zero-order valence-corrected chi connectivity index (χ0v) is 7.66. The van der Waals surface area contributed by atoms with Gasteiger partial charge in [-0.3, -0.25) is 0 Å². The molecule has 0 spiro atoms. The quantitative estimate of drug-likeness (QED) is 0.634. The van der Waals surface area contributed by atoms with Crippen molar-refractivity contribution < 1.29 is 14.9 Å². The highest BCUT2D eigenvalue weighted by Gasteiger charge is 2.27. The summed E-state index contributed by atoms with van der Waals surface area (Å²) in [6.45, 7) is 6.83. The normalized spacial score (nSPS) is 15.5. The van der Waals surface area contributed by atoms with Crippen molar-refractivity contribution in [1.82, 2.24) is 0 Å². The summed E-state index contributed by atoms with van der Waals surface area (Å²) in [5, 5.41) is 18.3. The third-order valence-electron chi connectivity index (χ3n) is 1.39. The molecule has 0 bridgehead atoms. The van der Waals surface area contributed by atoms with Crippen LogP contribution in [0.5, 0.6) is 0 Å². The lowest BCUT2D eigenvalue weighted by Gasteiger charge is -2.29. The first-order valence-corrected chi connectivity index (χ1v) is 3.86. The number of aliphatic hydroxyl groups is 2. The summed E-state index contributed by atoms with van der Waals surface area (Å²) in [5.74, 6) is 0. The van der Waals surface area contributed by atoms with E-state index in [2.05, 4.69) is 0 Å². The standard InChI is InChI=1S/C8H18O3/c1-6(2)11-7(5-9)8(3,4)10/h6-7,9-10H,5H2,1-4H3. The first kappa shape index (κ1) is 10.9. The van der Waals surface area contributed by atoms with Gasteiger partial charge in [0.2, 0.25) is 0 Å². The van der Waals surface area contributed by atoms with E-state index < -0.39 is 11.7 Å². The number of rotatable bonds is 4. The van der Waals surface area contributed by atoms with Gasteiger partial charge in [0.25, 0.3) is 0 Å². The van der Waals surface area contributed by atoms with Crippen LogP contribution < -0.4 is 0 Å². The van der Waals surface area contributed by atoms with Gasteiger partial charge >= 0.3 is 0 Å². The fourth-order valence-electron chi connectivity index (χ4n) is 0.761. The van der Waals surface area contributed by atoms with Crippen LogP contribution in [0.15, 0.2) is 0 Å². The molecule has 0 aliphatic heterocycles. The minimum absolute atomic E-state index is 0.0265. The van der Waals surface area contributed by atoms with Crippen LogP contribution in [-0.4, -0.2) is 34.6 Å². The fraction of sp³-hybridized carbons (Fsp3) is 1.00. The molecule has 1 atom stereocenters. The van der Waals surface area contributed by atoms with E-state index in [9.17, 15) is 5.11 Å². The van der Waals surface area contributed by atoms with Gasteiger partial charge in [-0.25, -0.2) is 0 Å². The van der Waals surface area contributed by atoms with E-state index in [0.29, 0.717) is 0 Å². The Morgan fingerprint density at radius 2 is 1.82 bits per heavy atom. The van der Waals surface area contributed by atoms with Crippen LogP contribution in [0.2, 0.25) is 0 Å². The predicted molar refractivity (Wildman–Crippen MR) is 43.4 cm³/mol. The fourth-order valence-corrected chi connectivity index (χ4v) is 0.761. The summed E-state index contributed by atoms with van der Waals surface area (Å²) >= 11 is 0. The smallest absolute Gasteiger partial charge is 0.109 e. The van der Waals surface area contributed by atoms with Crippen molar-refractivity contribution in [2.24, 2.45) is 0 Å². The van der Waals surface area contributed by atoms with Crippen molar-refractivity contribution in [1.29, 1.82) is 0 Å². The van der Waals surface area contributed by atoms with E-state index >= 15 is 0 Å². The largest absolute Gasteiger partial charge is 0.394 e. The molecule has 0 aromatic carbocycles. The molecule has 0 heterocycles. The van der Waals surface area contributed by atoms with Gasteiger partial charge in [0.15, 0.2) is 0 Å². The third-order valence-corrected chi connectivity index (χ3v) is 1.39. The first-order chi connectivity index (χ1) is 4.88. The number of hydrogen-bond donors (Lipinski definition) is 2. The van der Waals surface area contributed by atoms with Gasteiger partial charge in [0.1, 0.15) is 6.10 Å². The lowest BCUT2D eigenvalue weighted by molar-refractivity contribution is -0.127. The average Bonchev–Trinajstić information content (AvgIpc) is 1.79. The van der Waals surface area contributed by atoms with E-state index in [1.807, 2.05) is 13.8 Å². The molecule has 0 amide bonds. The molecular formula is C8H18O3. The Balaban J connectivity index is 3.96. The zero-order valence-electron chi connectivity index (χ0n) is 7.66. The number of hydrogen-bond acceptors (Lipinski definition) is 3. The number of aliphatic hydroxyl groups excluding tert-OH is 1. The summed E-state index contributed by atoms with van der Waals surface area (Å²) in [6, 6.07) is 0. The Bertz CT molecular complexity index is 104. The Morgan fingerprint density at radius 1 is 1.36 bits per heavy atom. The molecule has 0 aliphatic rings. The molecular weight excluding hydrogens is 144 g/mol. The molecule has 0 aliphatic carbocycles. The molecule has 0 radical (unpaired) electrons. The van der Waals surface area contributed by atoms with Crippen LogP contribution in [0.4, 0.5) is 0 Å². The molecule has 1 unspecified atom stereocenters. The predicted octanol–water partition coefficient (Wildman–Crippen LogP) is 0.543. The Hall–Kier alpha value is -0.120. The van der Waals surface area contributed by atoms with Crippen LogP contribution in [-0.2, 0) is 4.74 Å². The minimum Gasteiger partial charge on any atom is -0.394 e. The van der Waals surface area contributed by atoms with E-state index in [0.717, 1.165) is 0 Å². The molecule has 0 aromatic heterocycles. The summed E-state index contributed by atoms with van der Waals surface area (Å²) in [4.78, 5) is 0. The molecule has 3 heteroatoms.